The van der Waals surface area contributed by atoms with Crippen LogP contribution in [-0.2, 0) is 0 Å². The van der Waals surface area contributed by atoms with Gasteiger partial charge in [-0.05, 0) is 12.1 Å². The molecule has 0 atom stereocenters. The van der Waals surface area contributed by atoms with Gasteiger partial charge < -0.3 is 10.5 Å². The van der Waals surface area contributed by atoms with Gasteiger partial charge in [0.15, 0.2) is 0 Å². The van der Waals surface area contributed by atoms with Gasteiger partial charge in [-0.25, -0.2) is 4.39 Å². The molecule has 1 rings (SSSR count). The predicted octanol–water partition coefficient (Wildman–Crippen LogP) is 2.01. The van der Waals surface area contributed by atoms with E-state index in [1.165, 1.54) is 6.07 Å². The molecule has 0 amide bonds. The number of benzene rings is 1. The van der Waals surface area contributed by atoms with E-state index in [0.717, 1.165) is 12.1 Å². The molecule has 12 heavy (non-hydrogen) atoms. The van der Waals surface area contributed by atoms with Crippen molar-refractivity contribution in [3.63, 3.8) is 0 Å². The van der Waals surface area contributed by atoms with Gasteiger partial charge in [0.2, 0.25) is 0 Å². The number of ether oxygens (including phenoxy) is 1. The maximum absolute atomic E-state index is 12.6. The minimum atomic E-state index is -2.95. The molecule has 2 nitrogen and oxygen atoms in total. The van der Waals surface area contributed by atoms with Crippen molar-refractivity contribution in [2.24, 2.45) is 0 Å². The molecule has 0 unspecified atom stereocenters. The van der Waals surface area contributed by atoms with Crippen molar-refractivity contribution in [3.05, 3.63) is 24.0 Å². The Hall–Kier alpha value is -1.39. The lowest BCUT2D eigenvalue weighted by molar-refractivity contribution is -0.0499. The van der Waals surface area contributed by atoms with Gasteiger partial charge in [-0.15, -0.1) is 0 Å². The number of nitrogen functional groups attached to an aromatic ring is 1. The van der Waals surface area contributed by atoms with Crippen molar-refractivity contribution in [3.8, 4) is 5.75 Å². The van der Waals surface area contributed by atoms with E-state index in [-0.39, 0.29) is 11.4 Å². The van der Waals surface area contributed by atoms with Gasteiger partial charge in [0.1, 0.15) is 11.6 Å². The van der Waals surface area contributed by atoms with Crippen molar-refractivity contribution < 1.29 is 17.9 Å². The van der Waals surface area contributed by atoms with E-state index in [2.05, 4.69) is 4.74 Å². The second-order valence-corrected chi connectivity index (χ2v) is 2.06. The molecule has 0 aromatic heterocycles. The topological polar surface area (TPSA) is 35.2 Å². The molecule has 0 radical (unpaired) electrons. The number of alkyl halides is 2. The van der Waals surface area contributed by atoms with Gasteiger partial charge >= 0.3 is 6.61 Å². The Morgan fingerprint density at radius 1 is 1.33 bits per heavy atom. The molecule has 1 aromatic carbocycles. The fourth-order valence-electron chi connectivity index (χ4n) is 0.684. The highest BCUT2D eigenvalue weighted by molar-refractivity contribution is 5.43. The van der Waals surface area contributed by atoms with E-state index in [1.54, 1.807) is 0 Å². The average molecular weight is 177 g/mol. The summed E-state index contributed by atoms with van der Waals surface area (Å²) in [4.78, 5) is 0. The molecule has 1 aromatic rings. The largest absolute Gasteiger partial charge is 0.435 e. The fourth-order valence-corrected chi connectivity index (χ4v) is 0.684. The maximum atomic E-state index is 12.6. The van der Waals surface area contributed by atoms with E-state index in [1.807, 2.05) is 0 Å². The van der Waals surface area contributed by atoms with Crippen molar-refractivity contribution in [2.75, 3.05) is 5.73 Å². The highest BCUT2D eigenvalue weighted by Crippen LogP contribution is 2.19. The Kier molecular flexibility index (Phi) is 2.42. The van der Waals surface area contributed by atoms with E-state index in [0.29, 0.717) is 0 Å². The summed E-state index contributed by atoms with van der Waals surface area (Å²) in [6.07, 6.45) is 0. The first kappa shape index (κ1) is 8.70. The second kappa shape index (κ2) is 3.34. The quantitative estimate of drug-likeness (QED) is 0.701. The number of hydrogen-bond donors (Lipinski definition) is 1. The first-order valence-corrected chi connectivity index (χ1v) is 3.09. The maximum Gasteiger partial charge on any atom is 0.387 e. The summed E-state index contributed by atoms with van der Waals surface area (Å²) in [6, 6.07) is 3.14. The Labute approximate surface area is 66.7 Å². The number of hydrogen-bond acceptors (Lipinski definition) is 2. The molecule has 5 heteroatoms. The van der Waals surface area contributed by atoms with Crippen LogP contribution in [0.4, 0.5) is 18.9 Å². The first-order chi connectivity index (χ1) is 5.59. The summed E-state index contributed by atoms with van der Waals surface area (Å²) >= 11 is 0. The molecule has 0 aliphatic rings. The summed E-state index contributed by atoms with van der Waals surface area (Å²) in [5.41, 5.74) is 5.00. The Morgan fingerprint density at radius 3 is 2.50 bits per heavy atom. The molecular formula is C7H6F3NO. The van der Waals surface area contributed by atoms with Crippen LogP contribution >= 0.6 is 0 Å². The smallest absolute Gasteiger partial charge is 0.387 e. The van der Waals surface area contributed by atoms with Crippen LogP contribution in [0.3, 0.4) is 0 Å². The molecule has 2 N–H and O–H groups in total. The zero-order chi connectivity index (χ0) is 9.14. The Morgan fingerprint density at radius 2 is 2.00 bits per heavy atom. The molecule has 0 heterocycles. The molecule has 66 valence electrons. The average Bonchev–Trinajstić information content (AvgIpc) is 1.96. The van der Waals surface area contributed by atoms with Crippen molar-refractivity contribution >= 4 is 5.69 Å². The highest BCUT2D eigenvalue weighted by atomic mass is 19.3. The van der Waals surface area contributed by atoms with Gasteiger partial charge in [0.25, 0.3) is 0 Å². The lowest BCUT2D eigenvalue weighted by atomic mass is 10.3. The number of rotatable bonds is 2. The van der Waals surface area contributed by atoms with Gasteiger partial charge in [0, 0.05) is 6.07 Å². The van der Waals surface area contributed by atoms with E-state index in [4.69, 9.17) is 5.73 Å². The van der Waals surface area contributed by atoms with Crippen LogP contribution < -0.4 is 10.5 Å². The van der Waals surface area contributed by atoms with Crippen LogP contribution in [-0.4, -0.2) is 6.61 Å². The van der Waals surface area contributed by atoms with Gasteiger partial charge in [0.05, 0.1) is 5.69 Å². The van der Waals surface area contributed by atoms with Crippen molar-refractivity contribution in [2.45, 2.75) is 6.61 Å². The predicted molar refractivity (Wildman–Crippen MR) is 37.4 cm³/mol. The van der Waals surface area contributed by atoms with Crippen molar-refractivity contribution in [1.29, 1.82) is 0 Å². The molecule has 0 saturated heterocycles. The van der Waals surface area contributed by atoms with Crippen LogP contribution in [0.5, 0.6) is 5.75 Å². The lowest BCUT2D eigenvalue weighted by Gasteiger charge is -2.04. The van der Waals surface area contributed by atoms with Gasteiger partial charge in [-0.3, -0.25) is 0 Å². The SMILES string of the molecule is Nc1ccc(OC(F)F)cc1F. The Bertz CT molecular complexity index is 277. The molecule has 0 spiro atoms. The fraction of sp³-hybridized carbons (Fsp3) is 0.143. The minimum Gasteiger partial charge on any atom is -0.435 e. The molecular weight excluding hydrogens is 171 g/mol. The minimum absolute atomic E-state index is 0.100. The Balaban J connectivity index is 2.82. The first-order valence-electron chi connectivity index (χ1n) is 3.09. The summed E-state index contributed by atoms with van der Waals surface area (Å²) in [5.74, 6) is -1.01. The third-order valence-corrected chi connectivity index (χ3v) is 1.20. The molecule has 0 aliphatic heterocycles. The van der Waals surface area contributed by atoms with E-state index < -0.39 is 12.4 Å². The molecule has 0 aliphatic carbocycles. The lowest BCUT2D eigenvalue weighted by Crippen LogP contribution is -2.02. The third-order valence-electron chi connectivity index (χ3n) is 1.20. The summed E-state index contributed by atoms with van der Waals surface area (Å²) in [6.45, 7) is -2.95. The van der Waals surface area contributed by atoms with Gasteiger partial charge in [-0.1, -0.05) is 0 Å². The van der Waals surface area contributed by atoms with Gasteiger partial charge in [-0.2, -0.15) is 8.78 Å². The highest BCUT2D eigenvalue weighted by Gasteiger charge is 2.05. The normalized spacial score (nSPS) is 10.3. The number of anilines is 1. The summed E-state index contributed by atoms with van der Waals surface area (Å²) in [5, 5.41) is 0. The summed E-state index contributed by atoms with van der Waals surface area (Å²) < 4.78 is 39.7. The zero-order valence-corrected chi connectivity index (χ0v) is 5.93. The third kappa shape index (κ3) is 2.05. The molecule has 0 bridgehead atoms. The molecule has 0 saturated carbocycles. The monoisotopic (exact) mass is 177 g/mol. The van der Waals surface area contributed by atoms with Crippen LogP contribution in [0.25, 0.3) is 0 Å². The zero-order valence-electron chi connectivity index (χ0n) is 5.93. The summed E-state index contributed by atoms with van der Waals surface area (Å²) in [7, 11) is 0. The van der Waals surface area contributed by atoms with Crippen LogP contribution in [0.15, 0.2) is 18.2 Å². The standard InChI is InChI=1S/C7H6F3NO/c8-5-3-4(12-7(9)10)1-2-6(5)11/h1-3,7H,11H2. The van der Waals surface area contributed by atoms with Crippen LogP contribution in [0.1, 0.15) is 0 Å². The number of halogens is 3. The molecule has 0 fully saturated rings. The van der Waals surface area contributed by atoms with E-state index >= 15 is 0 Å². The number of nitrogens with two attached hydrogens (primary N) is 1. The van der Waals surface area contributed by atoms with Crippen molar-refractivity contribution in [1.82, 2.24) is 0 Å². The second-order valence-electron chi connectivity index (χ2n) is 2.06. The van der Waals surface area contributed by atoms with Crippen LogP contribution in [0.2, 0.25) is 0 Å². The van der Waals surface area contributed by atoms with Crippen LogP contribution in [0, 0.1) is 5.82 Å². The van der Waals surface area contributed by atoms with E-state index in [9.17, 15) is 13.2 Å².